The van der Waals surface area contributed by atoms with E-state index in [0.717, 1.165) is 0 Å². The molecule has 14 nitrogen and oxygen atoms in total. The molecule has 0 spiro atoms. The Morgan fingerprint density at radius 1 is 0.786 bits per heavy atom. The molecule has 0 fully saturated rings. The van der Waals surface area contributed by atoms with Crippen LogP contribution in [-0.4, -0.2) is 91.3 Å². The van der Waals surface area contributed by atoms with Gasteiger partial charge in [0.2, 0.25) is 0 Å². The van der Waals surface area contributed by atoms with Crippen LogP contribution in [0.1, 0.15) is 0 Å². The minimum absolute atomic E-state index is 0.0233. The number of aliphatic hydroxyl groups is 1. The van der Waals surface area contributed by atoms with Gasteiger partial charge in [-0.15, -0.1) is 0 Å². The highest BCUT2D eigenvalue weighted by Crippen LogP contribution is 2.19. The van der Waals surface area contributed by atoms with Gasteiger partial charge in [0.05, 0.1) is 68.4 Å². The van der Waals surface area contributed by atoms with Crippen LogP contribution >= 0.6 is 0 Å². The van der Waals surface area contributed by atoms with E-state index in [1.165, 1.54) is 42.9 Å². The molecule has 42 heavy (non-hydrogen) atoms. The average Bonchev–Trinajstić information content (AvgIpc) is 3.02. The predicted octanol–water partition coefficient (Wildman–Crippen LogP) is 0.980. The number of rotatable bonds is 14. The molecule has 2 unspecified atom stereocenters. The quantitative estimate of drug-likeness (QED) is 0.165. The summed E-state index contributed by atoms with van der Waals surface area (Å²) in [5.41, 5.74) is 1.92. The molecule has 1 N–H and O–H groups in total. The number of benzene rings is 2. The Balaban J connectivity index is 0.000000230. The Morgan fingerprint density at radius 3 is 1.74 bits per heavy atom. The van der Waals surface area contributed by atoms with Gasteiger partial charge in [0.1, 0.15) is 37.3 Å². The molecule has 2 heterocycles. The number of aldehydes is 1. The van der Waals surface area contributed by atoms with Crippen LogP contribution in [0.3, 0.4) is 0 Å². The van der Waals surface area contributed by atoms with Crippen LogP contribution in [0.25, 0.3) is 22.1 Å². The summed E-state index contributed by atoms with van der Waals surface area (Å²) < 4.78 is 33.4. The highest BCUT2D eigenvalue weighted by Gasteiger charge is 2.14. The molecule has 2 aromatic carbocycles. The Kier molecular flexibility index (Phi) is 12.5. The molecule has 0 saturated heterocycles. The zero-order valence-electron chi connectivity index (χ0n) is 23.8. The lowest BCUT2D eigenvalue weighted by Crippen LogP contribution is -2.31. The predicted molar refractivity (Wildman–Crippen MR) is 152 cm³/mol. The summed E-state index contributed by atoms with van der Waals surface area (Å²) in [5, 5.41) is 9.34. The van der Waals surface area contributed by atoms with E-state index in [0.29, 0.717) is 39.9 Å². The molecular formula is C28H34N4O10. The number of methoxy groups -OCH3 is 4. The van der Waals surface area contributed by atoms with Crippen molar-refractivity contribution in [3.8, 4) is 11.5 Å². The molecule has 2 aromatic heterocycles. The minimum atomic E-state index is -0.778. The van der Waals surface area contributed by atoms with Crippen molar-refractivity contribution >= 4 is 28.4 Å². The van der Waals surface area contributed by atoms with Crippen molar-refractivity contribution in [1.29, 1.82) is 0 Å². The largest absolute Gasteiger partial charge is 0.497 e. The second kappa shape index (κ2) is 16.3. The first-order chi connectivity index (χ1) is 20.4. The number of fused-ring (bicyclic) bond motifs is 2. The summed E-state index contributed by atoms with van der Waals surface area (Å²) in [7, 11) is 6.04. The zero-order chi connectivity index (χ0) is 30.5. The molecule has 0 radical (unpaired) electrons. The number of hydrogen-bond donors (Lipinski definition) is 1. The van der Waals surface area contributed by atoms with Gasteiger partial charge in [-0.2, -0.15) is 0 Å². The Labute approximate surface area is 240 Å². The summed E-state index contributed by atoms with van der Waals surface area (Å²) in [5.74, 6) is 1.23. The summed E-state index contributed by atoms with van der Waals surface area (Å²) >= 11 is 0. The SMILES string of the molecule is COCOC(C=O)Cn1c(=O)cnc2ccc(OC)cc21.COCOC(CO)Cn1c(=O)cnc2ccc(OC)cc21. The van der Waals surface area contributed by atoms with E-state index in [-0.39, 0.29) is 44.4 Å². The maximum absolute atomic E-state index is 12.0. The number of aliphatic hydroxyl groups excluding tert-OH is 1. The van der Waals surface area contributed by atoms with Gasteiger partial charge in [-0.05, 0) is 24.3 Å². The number of aromatic nitrogens is 4. The standard InChI is InChI=1S/C14H18N2O5.C14H16N2O5/c2*1-19-9-21-11(8-17)7-16-13-5-10(20-2)3-4-12(13)15-6-14(16)18/h3-6,11,17H,7-9H2,1-2H3;3-6,8,11H,7,9H2,1-2H3. The Morgan fingerprint density at radius 2 is 1.29 bits per heavy atom. The highest BCUT2D eigenvalue weighted by atomic mass is 16.7. The van der Waals surface area contributed by atoms with Crippen LogP contribution in [0.5, 0.6) is 11.5 Å². The molecule has 0 bridgehead atoms. The second-order valence-corrected chi connectivity index (χ2v) is 8.75. The molecule has 0 saturated carbocycles. The van der Waals surface area contributed by atoms with E-state index >= 15 is 0 Å². The molecule has 0 aliphatic rings. The van der Waals surface area contributed by atoms with Gasteiger partial charge in [-0.3, -0.25) is 9.59 Å². The fourth-order valence-electron chi connectivity index (χ4n) is 3.92. The van der Waals surface area contributed by atoms with Gasteiger partial charge in [0.15, 0.2) is 6.29 Å². The summed E-state index contributed by atoms with van der Waals surface area (Å²) in [4.78, 5) is 43.3. The topological polar surface area (TPSA) is 162 Å². The van der Waals surface area contributed by atoms with E-state index in [1.807, 2.05) is 0 Å². The zero-order valence-corrected chi connectivity index (χ0v) is 23.8. The molecule has 0 aliphatic heterocycles. The van der Waals surface area contributed by atoms with E-state index in [1.54, 1.807) is 43.5 Å². The van der Waals surface area contributed by atoms with E-state index in [2.05, 4.69) is 9.97 Å². The van der Waals surface area contributed by atoms with Crippen LogP contribution in [-0.2, 0) is 36.8 Å². The van der Waals surface area contributed by atoms with E-state index in [4.69, 9.17) is 28.4 Å². The normalized spacial score (nSPS) is 12.4. The lowest BCUT2D eigenvalue weighted by molar-refractivity contribution is -0.128. The first-order valence-corrected chi connectivity index (χ1v) is 12.7. The molecule has 2 atom stereocenters. The van der Waals surface area contributed by atoms with Crippen LogP contribution in [0.15, 0.2) is 58.4 Å². The lowest BCUT2D eigenvalue weighted by atomic mass is 10.2. The van der Waals surface area contributed by atoms with E-state index < -0.39 is 12.2 Å². The molecule has 0 amide bonds. The van der Waals surface area contributed by atoms with Crippen LogP contribution in [0, 0.1) is 0 Å². The van der Waals surface area contributed by atoms with Crippen molar-refractivity contribution in [2.75, 3.05) is 48.6 Å². The van der Waals surface area contributed by atoms with Crippen molar-refractivity contribution in [2.24, 2.45) is 0 Å². The Hall–Kier alpha value is -4.21. The van der Waals surface area contributed by atoms with Crippen LogP contribution in [0.4, 0.5) is 0 Å². The molecule has 14 heteroatoms. The minimum Gasteiger partial charge on any atom is -0.497 e. The van der Waals surface area contributed by atoms with Gasteiger partial charge >= 0.3 is 0 Å². The highest BCUT2D eigenvalue weighted by molar-refractivity contribution is 5.77. The summed E-state index contributed by atoms with van der Waals surface area (Å²) in [6.45, 7) is 0.0865. The second-order valence-electron chi connectivity index (χ2n) is 8.75. The molecule has 4 aromatic rings. The van der Waals surface area contributed by atoms with Crippen molar-refractivity contribution < 1.29 is 38.3 Å². The van der Waals surface area contributed by atoms with E-state index in [9.17, 15) is 19.5 Å². The number of carbonyl (C=O) groups excluding carboxylic acids is 1. The fourth-order valence-corrected chi connectivity index (χ4v) is 3.92. The summed E-state index contributed by atoms with van der Waals surface area (Å²) in [6, 6.07) is 10.5. The number of hydrogen-bond acceptors (Lipinski definition) is 12. The average molecular weight is 587 g/mol. The van der Waals surface area contributed by atoms with Crippen molar-refractivity contribution in [1.82, 2.24) is 19.1 Å². The van der Waals surface area contributed by atoms with Crippen LogP contribution in [0.2, 0.25) is 0 Å². The molecule has 4 rings (SSSR count). The third-order valence-corrected chi connectivity index (χ3v) is 6.03. The Bertz CT molecular complexity index is 1570. The number of ether oxygens (including phenoxy) is 6. The lowest BCUT2D eigenvalue weighted by Gasteiger charge is -2.17. The monoisotopic (exact) mass is 586 g/mol. The number of carbonyl (C=O) groups is 1. The molecule has 0 aliphatic carbocycles. The van der Waals surface area contributed by atoms with Gasteiger partial charge < -0.3 is 47.5 Å². The molecule has 226 valence electrons. The maximum atomic E-state index is 12.0. The third-order valence-electron chi connectivity index (χ3n) is 6.03. The van der Waals surface area contributed by atoms with Gasteiger partial charge in [-0.1, -0.05) is 0 Å². The third kappa shape index (κ3) is 8.41. The van der Waals surface area contributed by atoms with Gasteiger partial charge in [0, 0.05) is 26.4 Å². The first-order valence-electron chi connectivity index (χ1n) is 12.7. The first kappa shape index (κ1) is 32.3. The van der Waals surface area contributed by atoms with Crippen molar-refractivity contribution in [3.63, 3.8) is 0 Å². The summed E-state index contributed by atoms with van der Waals surface area (Å²) in [6.07, 6.45) is 1.78. The number of nitrogens with zero attached hydrogens (tertiary/aromatic N) is 4. The smallest absolute Gasteiger partial charge is 0.269 e. The molecular weight excluding hydrogens is 552 g/mol. The maximum Gasteiger partial charge on any atom is 0.269 e. The van der Waals surface area contributed by atoms with Crippen LogP contribution < -0.4 is 20.6 Å². The van der Waals surface area contributed by atoms with Crippen molar-refractivity contribution in [3.05, 3.63) is 69.5 Å². The van der Waals surface area contributed by atoms with Crippen molar-refractivity contribution in [2.45, 2.75) is 25.3 Å². The van der Waals surface area contributed by atoms with Gasteiger partial charge in [-0.25, -0.2) is 9.97 Å². The van der Waals surface area contributed by atoms with Gasteiger partial charge in [0.25, 0.3) is 11.1 Å². The fraction of sp³-hybridized carbons (Fsp3) is 0.393.